The predicted molar refractivity (Wildman–Crippen MR) is 50.0 cm³/mol. The monoisotopic (exact) mass is 196 g/mol. The average Bonchev–Trinajstić information content (AvgIpc) is 2.42. The van der Waals surface area contributed by atoms with Gasteiger partial charge in [0.25, 0.3) is 0 Å². The van der Waals surface area contributed by atoms with Crippen LogP contribution in [0, 0.1) is 0 Å². The highest BCUT2D eigenvalue weighted by Gasteiger charge is 2.22. The molecule has 14 heavy (non-hydrogen) atoms. The fraction of sp³-hybridized carbons (Fsp3) is 0.500. The van der Waals surface area contributed by atoms with E-state index in [4.69, 9.17) is 5.84 Å². The van der Waals surface area contributed by atoms with Crippen LogP contribution in [0.5, 0.6) is 0 Å². The Balaban J connectivity index is 2.36. The van der Waals surface area contributed by atoms with Crippen LogP contribution in [-0.2, 0) is 17.8 Å². The zero-order valence-corrected chi connectivity index (χ0v) is 7.91. The normalized spacial score (nSPS) is 15.4. The van der Waals surface area contributed by atoms with Gasteiger partial charge in [-0.2, -0.15) is 0 Å². The van der Waals surface area contributed by atoms with Gasteiger partial charge in [-0.1, -0.05) is 0 Å². The topological polar surface area (TPSA) is 84.1 Å². The van der Waals surface area contributed by atoms with E-state index in [0.717, 1.165) is 16.1 Å². The van der Waals surface area contributed by atoms with Crippen molar-refractivity contribution in [2.75, 3.05) is 12.4 Å². The Kier molecular flexibility index (Phi) is 1.83. The second-order valence-electron chi connectivity index (χ2n) is 3.42. The molecule has 1 aromatic heterocycles. The van der Waals surface area contributed by atoms with Crippen LogP contribution in [-0.4, -0.2) is 27.0 Å². The van der Waals surface area contributed by atoms with Crippen molar-refractivity contribution in [1.82, 2.24) is 14.6 Å². The third-order valence-electron chi connectivity index (χ3n) is 2.53. The van der Waals surface area contributed by atoms with Crippen molar-refractivity contribution >= 4 is 5.91 Å². The first-order valence-electron chi connectivity index (χ1n) is 4.43. The number of carbonyl (C=O) groups excluding carboxylic acids is 1. The summed E-state index contributed by atoms with van der Waals surface area (Å²) < 4.78 is 1.12. The number of nitrogen functional groups attached to an aromatic ring is 1. The molecule has 0 unspecified atom stereocenters. The van der Waals surface area contributed by atoms with Crippen LogP contribution in [0.4, 0.5) is 0 Å². The number of H-pyrrole nitrogens is 1. The number of fused-ring (bicyclic) bond motifs is 1. The summed E-state index contributed by atoms with van der Waals surface area (Å²) in [6.07, 6.45) is 0.629. The molecule has 1 aromatic rings. The van der Waals surface area contributed by atoms with Crippen molar-refractivity contribution in [1.29, 1.82) is 0 Å². The highest BCUT2D eigenvalue weighted by Crippen LogP contribution is 2.14. The molecule has 3 N–H and O–H groups in total. The van der Waals surface area contributed by atoms with Crippen LogP contribution < -0.4 is 11.5 Å². The van der Waals surface area contributed by atoms with E-state index in [1.165, 1.54) is 6.92 Å². The van der Waals surface area contributed by atoms with Crippen molar-refractivity contribution < 1.29 is 4.79 Å². The van der Waals surface area contributed by atoms with Crippen molar-refractivity contribution in [2.24, 2.45) is 0 Å². The van der Waals surface area contributed by atoms with Crippen molar-refractivity contribution in [2.45, 2.75) is 19.9 Å². The van der Waals surface area contributed by atoms with Crippen molar-refractivity contribution in [3.63, 3.8) is 0 Å². The summed E-state index contributed by atoms with van der Waals surface area (Å²) in [4.78, 5) is 26.6. The van der Waals surface area contributed by atoms with Crippen molar-refractivity contribution in [3.05, 3.63) is 21.9 Å². The summed E-state index contributed by atoms with van der Waals surface area (Å²) in [5, 5.41) is 0. The minimum Gasteiger partial charge on any atom is -0.337 e. The Morgan fingerprint density at radius 2 is 2.29 bits per heavy atom. The Hall–Kier alpha value is -1.72. The molecule has 0 aliphatic carbocycles. The van der Waals surface area contributed by atoms with Crippen LogP contribution >= 0.6 is 0 Å². The van der Waals surface area contributed by atoms with E-state index in [0.29, 0.717) is 19.5 Å². The van der Waals surface area contributed by atoms with Gasteiger partial charge in [-0.15, -0.1) is 0 Å². The lowest BCUT2D eigenvalue weighted by molar-refractivity contribution is -0.129. The van der Waals surface area contributed by atoms with Crippen LogP contribution in [0.2, 0.25) is 0 Å². The number of hydrogen-bond acceptors (Lipinski definition) is 3. The summed E-state index contributed by atoms with van der Waals surface area (Å²) in [5.74, 6) is 5.53. The van der Waals surface area contributed by atoms with Gasteiger partial charge in [0.1, 0.15) is 0 Å². The third-order valence-corrected chi connectivity index (χ3v) is 2.53. The summed E-state index contributed by atoms with van der Waals surface area (Å²) in [6, 6.07) is 0. The lowest BCUT2D eigenvalue weighted by atomic mass is 10.1. The molecule has 1 aliphatic rings. The lowest BCUT2D eigenvalue weighted by Gasteiger charge is -2.25. The van der Waals surface area contributed by atoms with Gasteiger partial charge >= 0.3 is 5.69 Å². The molecule has 2 heterocycles. The molecule has 0 radical (unpaired) electrons. The molecule has 0 bridgehead atoms. The van der Waals surface area contributed by atoms with Gasteiger partial charge in [0.05, 0.1) is 17.9 Å². The van der Waals surface area contributed by atoms with Crippen molar-refractivity contribution in [3.8, 4) is 0 Å². The maximum atomic E-state index is 11.2. The second-order valence-corrected chi connectivity index (χ2v) is 3.42. The van der Waals surface area contributed by atoms with E-state index in [2.05, 4.69) is 4.98 Å². The smallest absolute Gasteiger partial charge is 0.337 e. The van der Waals surface area contributed by atoms with Crippen LogP contribution in [0.25, 0.3) is 0 Å². The number of aromatic amines is 1. The maximum absolute atomic E-state index is 11.2. The first-order chi connectivity index (χ1) is 6.59. The maximum Gasteiger partial charge on any atom is 0.344 e. The zero-order chi connectivity index (χ0) is 10.3. The van der Waals surface area contributed by atoms with Gasteiger partial charge in [0.2, 0.25) is 5.91 Å². The highest BCUT2D eigenvalue weighted by molar-refractivity contribution is 5.73. The molecule has 0 saturated heterocycles. The number of amides is 1. The third kappa shape index (κ3) is 1.19. The first-order valence-corrected chi connectivity index (χ1v) is 4.43. The van der Waals surface area contributed by atoms with E-state index < -0.39 is 0 Å². The Morgan fingerprint density at radius 1 is 1.57 bits per heavy atom. The highest BCUT2D eigenvalue weighted by atomic mass is 16.2. The molecular weight excluding hydrogens is 184 g/mol. The van der Waals surface area contributed by atoms with Gasteiger partial charge in [0.15, 0.2) is 0 Å². The molecular formula is C8H12N4O2. The van der Waals surface area contributed by atoms with Gasteiger partial charge in [-0.3, -0.25) is 4.79 Å². The fourth-order valence-electron chi connectivity index (χ4n) is 1.71. The summed E-state index contributed by atoms with van der Waals surface area (Å²) in [6.45, 7) is 2.59. The zero-order valence-electron chi connectivity index (χ0n) is 7.91. The van der Waals surface area contributed by atoms with Crippen LogP contribution in [0.3, 0.4) is 0 Å². The molecule has 0 spiro atoms. The largest absolute Gasteiger partial charge is 0.344 e. The van der Waals surface area contributed by atoms with E-state index in [9.17, 15) is 9.59 Å². The Bertz CT molecular complexity index is 431. The number of hydrogen-bond donors (Lipinski definition) is 2. The molecule has 6 nitrogen and oxygen atoms in total. The number of carbonyl (C=O) groups is 1. The standard InChI is InChI=1S/C8H12N4O2/c1-5(13)11-3-2-7-6(4-11)10-8(14)12(7)9/h2-4,9H2,1H3,(H,10,14). The predicted octanol–water partition coefficient (Wildman–Crippen LogP) is -1.21. The average molecular weight is 196 g/mol. The SMILES string of the molecule is CC(=O)N1CCc2c([nH]c(=O)n2N)C1. The summed E-state index contributed by atoms with van der Waals surface area (Å²) in [5.41, 5.74) is 1.23. The van der Waals surface area contributed by atoms with Gasteiger partial charge in [-0.05, 0) is 0 Å². The van der Waals surface area contributed by atoms with Gasteiger partial charge in [-0.25, -0.2) is 9.47 Å². The fourth-order valence-corrected chi connectivity index (χ4v) is 1.71. The lowest BCUT2D eigenvalue weighted by Crippen LogP contribution is -2.35. The second kappa shape index (κ2) is 2.90. The van der Waals surface area contributed by atoms with E-state index >= 15 is 0 Å². The van der Waals surface area contributed by atoms with Crippen LogP contribution in [0.1, 0.15) is 18.3 Å². The molecule has 0 saturated carbocycles. The minimum atomic E-state index is -0.319. The Labute approximate surface area is 80.3 Å². The number of rotatable bonds is 0. The van der Waals surface area contributed by atoms with E-state index in [-0.39, 0.29) is 11.6 Å². The molecule has 76 valence electrons. The molecule has 1 aliphatic heterocycles. The molecule has 0 aromatic carbocycles. The molecule has 0 fully saturated rings. The number of nitrogens with one attached hydrogen (secondary N) is 1. The first kappa shape index (κ1) is 8.86. The Morgan fingerprint density at radius 3 is 2.93 bits per heavy atom. The molecule has 0 atom stereocenters. The number of nitrogens with two attached hydrogens (primary N) is 1. The molecule has 1 amide bonds. The summed E-state index contributed by atoms with van der Waals surface area (Å²) in [7, 11) is 0. The number of nitrogens with zero attached hydrogens (tertiary/aromatic N) is 2. The van der Waals surface area contributed by atoms with Gasteiger partial charge in [0, 0.05) is 19.9 Å². The van der Waals surface area contributed by atoms with E-state index in [1.807, 2.05) is 0 Å². The molecule has 2 rings (SSSR count). The molecule has 6 heteroatoms. The van der Waals surface area contributed by atoms with Crippen LogP contribution in [0.15, 0.2) is 4.79 Å². The van der Waals surface area contributed by atoms with Gasteiger partial charge < -0.3 is 15.7 Å². The number of aromatic nitrogens is 2. The quantitative estimate of drug-likeness (QED) is 0.511. The number of imidazole rings is 1. The minimum absolute atomic E-state index is 0.0151. The van der Waals surface area contributed by atoms with E-state index in [1.54, 1.807) is 4.90 Å². The summed E-state index contributed by atoms with van der Waals surface area (Å²) >= 11 is 0.